The molecule has 4 amide bonds. The van der Waals surface area contributed by atoms with Crippen molar-refractivity contribution in [2.75, 3.05) is 26.1 Å². The summed E-state index contributed by atoms with van der Waals surface area (Å²) in [5.74, 6) is -2.30. The van der Waals surface area contributed by atoms with E-state index < -0.39 is 45.2 Å². The minimum absolute atomic E-state index is 0.0746. The van der Waals surface area contributed by atoms with Crippen molar-refractivity contribution in [3.05, 3.63) is 76.1 Å². The number of methoxy groups -OCH3 is 1. The minimum Gasteiger partial charge on any atom is -0.491 e. The largest absolute Gasteiger partial charge is 0.491 e. The lowest BCUT2D eigenvalue weighted by molar-refractivity contribution is -0.142. The lowest BCUT2D eigenvalue weighted by Gasteiger charge is -2.40. The number of amides is 4. The van der Waals surface area contributed by atoms with Gasteiger partial charge in [-0.2, -0.15) is 0 Å². The first kappa shape index (κ1) is 29.2. The first-order valence-corrected chi connectivity index (χ1v) is 15.0. The van der Waals surface area contributed by atoms with Gasteiger partial charge in [-0.15, -0.1) is 11.3 Å². The number of thiazole rings is 1. The number of aromatic nitrogens is 1. The van der Waals surface area contributed by atoms with Crippen LogP contribution in [-0.4, -0.2) is 62.2 Å². The van der Waals surface area contributed by atoms with Crippen LogP contribution in [0.4, 0.5) is 4.79 Å². The van der Waals surface area contributed by atoms with Crippen LogP contribution in [0.3, 0.4) is 0 Å². The summed E-state index contributed by atoms with van der Waals surface area (Å²) in [6, 6.07) is 13.3. The number of nitrogens with two attached hydrogens (primary N) is 1. The number of carbonyl (C=O) groups excluding carboxylic acids is 3. The van der Waals surface area contributed by atoms with Gasteiger partial charge in [0, 0.05) is 18.4 Å². The second-order valence-corrected chi connectivity index (χ2v) is 12.2. The van der Waals surface area contributed by atoms with Gasteiger partial charge in [-0.25, -0.2) is 23.1 Å². The van der Waals surface area contributed by atoms with E-state index in [1.165, 1.54) is 12.3 Å². The molecule has 3 aromatic rings. The average molecular weight is 587 g/mol. The molecule has 13 heteroatoms. The fourth-order valence-electron chi connectivity index (χ4n) is 4.65. The number of rotatable bonds is 12. The maximum Gasteiger partial charge on any atom is 0.326 e. The van der Waals surface area contributed by atoms with E-state index in [1.54, 1.807) is 68.6 Å². The summed E-state index contributed by atoms with van der Waals surface area (Å²) in [6.45, 7) is 3.86. The fourth-order valence-corrected chi connectivity index (χ4v) is 6.93. The number of hydrogen-bond donors (Lipinski definition) is 2. The predicted molar refractivity (Wildman–Crippen MR) is 148 cm³/mol. The minimum atomic E-state index is -3.75. The Bertz CT molecular complexity index is 1490. The van der Waals surface area contributed by atoms with Gasteiger partial charge in [-0.1, -0.05) is 56.3 Å². The Labute approximate surface area is 236 Å². The van der Waals surface area contributed by atoms with Gasteiger partial charge in [0.2, 0.25) is 0 Å². The third kappa shape index (κ3) is 5.19. The molecule has 3 atom stereocenters. The Kier molecular flexibility index (Phi) is 8.57. The molecule has 40 heavy (non-hydrogen) atoms. The number of carbonyl (C=O) groups is 3. The van der Waals surface area contributed by atoms with E-state index in [4.69, 9.17) is 15.2 Å². The molecule has 1 aliphatic rings. The number of nitrogens with one attached hydrogen (secondary N) is 1. The summed E-state index contributed by atoms with van der Waals surface area (Å²) in [7, 11) is -2.19. The van der Waals surface area contributed by atoms with Crippen LogP contribution in [0.25, 0.3) is 0 Å². The van der Waals surface area contributed by atoms with Gasteiger partial charge in [0.15, 0.2) is 20.4 Å². The van der Waals surface area contributed by atoms with Gasteiger partial charge in [0.25, 0.3) is 11.8 Å². The molecule has 1 saturated heterocycles. The van der Waals surface area contributed by atoms with E-state index in [0.29, 0.717) is 30.1 Å². The van der Waals surface area contributed by atoms with Gasteiger partial charge >= 0.3 is 6.03 Å². The Morgan fingerprint density at radius 2 is 1.82 bits per heavy atom. The molecule has 0 spiro atoms. The number of benzene rings is 2. The summed E-state index contributed by atoms with van der Waals surface area (Å²) < 4.78 is 35.7. The molecule has 3 N–H and O–H groups in total. The van der Waals surface area contributed by atoms with Crippen LogP contribution in [0.15, 0.2) is 65.0 Å². The average Bonchev–Trinajstić information content (AvgIpc) is 3.56. The Morgan fingerprint density at radius 3 is 2.42 bits per heavy atom. The van der Waals surface area contributed by atoms with E-state index in [1.807, 2.05) is 0 Å². The van der Waals surface area contributed by atoms with Gasteiger partial charge in [0.05, 0.1) is 12.4 Å². The van der Waals surface area contributed by atoms with Crippen LogP contribution in [0.5, 0.6) is 5.75 Å². The molecule has 1 aromatic heterocycles. The molecule has 3 unspecified atom stereocenters. The fraction of sp³-hybridized carbons (Fsp3) is 0.333. The van der Waals surface area contributed by atoms with Crippen molar-refractivity contribution in [1.82, 2.24) is 15.2 Å². The first-order valence-electron chi connectivity index (χ1n) is 12.5. The lowest BCUT2D eigenvalue weighted by Crippen LogP contribution is -2.60. The van der Waals surface area contributed by atoms with Gasteiger partial charge in [-0.05, 0) is 23.3 Å². The molecule has 0 bridgehead atoms. The van der Waals surface area contributed by atoms with Gasteiger partial charge < -0.3 is 20.5 Å². The third-order valence-electron chi connectivity index (χ3n) is 6.87. The molecule has 1 fully saturated rings. The van der Waals surface area contributed by atoms with Crippen LogP contribution in [0, 0.1) is 0 Å². The monoisotopic (exact) mass is 586 g/mol. The van der Waals surface area contributed by atoms with Crippen LogP contribution >= 0.6 is 11.3 Å². The highest BCUT2D eigenvalue weighted by Gasteiger charge is 2.60. The molecular formula is C27H30N4O7S2. The number of ether oxygens (including phenoxy) is 2. The molecular weight excluding hydrogens is 556 g/mol. The molecule has 11 nitrogen and oxygen atoms in total. The maximum atomic E-state index is 14.0. The van der Waals surface area contributed by atoms with Crippen molar-refractivity contribution < 1.29 is 32.3 Å². The SMILES string of the molecule is CCS(=O)(=O)c1csc(C(C(N)=O)(C(C)c2ccccc2)N2C(=O)NC(c3ccc(OCCOC)cc3)C2=O)n1. The summed E-state index contributed by atoms with van der Waals surface area (Å²) in [6.07, 6.45) is 0. The van der Waals surface area contributed by atoms with Crippen molar-refractivity contribution in [2.24, 2.45) is 5.73 Å². The summed E-state index contributed by atoms with van der Waals surface area (Å²) in [4.78, 5) is 46.1. The van der Waals surface area contributed by atoms with Crippen molar-refractivity contribution >= 4 is 39.0 Å². The standard InChI is InChI=1S/C27H30N4O7S2/c1-4-40(35,36)21-16-39-25(29-21)27(24(28)33,17(2)18-8-6-5-7-9-18)31-23(32)22(30-26(31)34)19-10-12-20(13-11-19)38-15-14-37-3/h5-13,16-17,22H,4,14-15H2,1-3H3,(H2,28,33)(H,30,34). The van der Waals surface area contributed by atoms with Crippen molar-refractivity contribution in [3.63, 3.8) is 0 Å². The quantitative estimate of drug-likeness (QED) is 0.242. The van der Waals surface area contributed by atoms with Crippen LogP contribution in [0.1, 0.15) is 41.9 Å². The summed E-state index contributed by atoms with van der Waals surface area (Å²) in [5.41, 5.74) is 4.97. The second-order valence-electron chi connectivity index (χ2n) is 9.12. The third-order valence-corrected chi connectivity index (χ3v) is 9.59. The van der Waals surface area contributed by atoms with E-state index in [2.05, 4.69) is 10.3 Å². The second kappa shape index (κ2) is 11.7. The molecule has 4 rings (SSSR count). The first-order chi connectivity index (χ1) is 19.1. The van der Waals surface area contributed by atoms with Gasteiger partial charge in [0.1, 0.15) is 23.4 Å². The molecule has 0 aliphatic carbocycles. The lowest BCUT2D eigenvalue weighted by atomic mass is 9.78. The highest BCUT2D eigenvalue weighted by atomic mass is 32.2. The Morgan fingerprint density at radius 1 is 1.15 bits per heavy atom. The smallest absolute Gasteiger partial charge is 0.326 e. The van der Waals surface area contributed by atoms with E-state index in [-0.39, 0.29) is 15.8 Å². The highest BCUT2D eigenvalue weighted by Crippen LogP contribution is 2.46. The zero-order valence-electron chi connectivity index (χ0n) is 22.2. The molecule has 0 radical (unpaired) electrons. The topological polar surface area (TPSA) is 158 Å². The predicted octanol–water partition coefficient (Wildman–Crippen LogP) is 2.74. The number of hydrogen-bond acceptors (Lipinski definition) is 9. The van der Waals surface area contributed by atoms with Crippen LogP contribution in [0.2, 0.25) is 0 Å². The Balaban J connectivity index is 1.81. The van der Waals surface area contributed by atoms with E-state index in [9.17, 15) is 22.8 Å². The summed E-state index contributed by atoms with van der Waals surface area (Å²) >= 11 is 0.858. The van der Waals surface area contributed by atoms with Crippen molar-refractivity contribution in [1.29, 1.82) is 0 Å². The molecule has 2 heterocycles. The van der Waals surface area contributed by atoms with Gasteiger partial charge in [-0.3, -0.25) is 9.59 Å². The van der Waals surface area contributed by atoms with Crippen LogP contribution in [-0.2, 0) is 29.7 Å². The maximum absolute atomic E-state index is 14.0. The number of primary amides is 1. The summed E-state index contributed by atoms with van der Waals surface area (Å²) in [5, 5.41) is 3.62. The molecule has 2 aromatic carbocycles. The van der Waals surface area contributed by atoms with E-state index in [0.717, 1.165) is 16.2 Å². The number of urea groups is 1. The zero-order valence-corrected chi connectivity index (χ0v) is 23.8. The van der Waals surface area contributed by atoms with Crippen molar-refractivity contribution in [2.45, 2.75) is 36.4 Å². The normalized spacial score (nSPS) is 17.8. The van der Waals surface area contributed by atoms with E-state index >= 15 is 0 Å². The number of sulfone groups is 1. The molecule has 1 aliphatic heterocycles. The molecule has 0 saturated carbocycles. The molecule has 212 valence electrons. The number of nitrogens with zero attached hydrogens (tertiary/aromatic N) is 2. The zero-order chi connectivity index (χ0) is 29.1. The number of imide groups is 1. The van der Waals surface area contributed by atoms with Crippen molar-refractivity contribution in [3.8, 4) is 5.75 Å². The highest BCUT2D eigenvalue weighted by molar-refractivity contribution is 7.91. The Hall–Kier alpha value is -3.81. The van der Waals surface area contributed by atoms with Crippen LogP contribution < -0.4 is 15.8 Å².